The highest BCUT2D eigenvalue weighted by molar-refractivity contribution is 7.12. The highest BCUT2D eigenvalue weighted by Crippen LogP contribution is 2.37. The van der Waals surface area contributed by atoms with E-state index in [0.29, 0.717) is 0 Å². The maximum absolute atomic E-state index is 2.73. The third-order valence-corrected chi connectivity index (χ3v) is 17.3. The molecule has 0 amide bonds. The molecule has 0 saturated heterocycles. The summed E-state index contributed by atoms with van der Waals surface area (Å²) in [6.07, 6.45) is 0. The first-order valence-corrected chi connectivity index (χ1v) is 21.7. The van der Waals surface area contributed by atoms with Gasteiger partial charge >= 0.3 is 6.85 Å². The summed E-state index contributed by atoms with van der Waals surface area (Å²) < 4.78 is 0. The molecule has 0 spiro atoms. The molecule has 2 heterocycles. The lowest BCUT2D eigenvalue weighted by atomic mass is 9.48. The Bertz CT molecular complexity index is 1890. The molecule has 0 radical (unpaired) electrons. The number of hydrogen-bond donors (Lipinski definition) is 0. The van der Waals surface area contributed by atoms with Crippen LogP contribution in [0, 0.1) is 0 Å². The van der Waals surface area contributed by atoms with E-state index >= 15 is 0 Å². The molecule has 0 N–H and O–H groups in total. The molecule has 0 unspecified atom stereocenters. The Labute approximate surface area is 264 Å². The normalized spacial score (nSPS) is 15.5. The van der Waals surface area contributed by atoms with Crippen molar-refractivity contribution in [1.29, 1.82) is 0 Å². The molecule has 6 aromatic carbocycles. The van der Waals surface area contributed by atoms with Crippen LogP contribution in [0.4, 0.5) is 11.4 Å². The Kier molecular flexibility index (Phi) is 6.23. The molecule has 4 heteroatoms. The third-order valence-electron chi connectivity index (χ3n) is 10.2. The van der Waals surface area contributed by atoms with Crippen molar-refractivity contribution < 1.29 is 0 Å². The summed E-state index contributed by atoms with van der Waals surface area (Å²) in [5.74, 6) is 0. The van der Waals surface area contributed by atoms with Gasteiger partial charge in [-0.3, -0.25) is 0 Å². The van der Waals surface area contributed by atoms with E-state index in [0.717, 1.165) is 0 Å². The molecule has 8 rings (SSSR count). The SMILES string of the molecule is C[Si]1(C)c2ccccc2B(N2c3cc(-c4ccccc4)ccc3[Si](C)(C)c3ccc(-c4ccccc4)cc32)c2ccccc21. The monoisotopic (exact) mass is 597 g/mol. The largest absolute Gasteiger partial charge is 0.377 e. The van der Waals surface area contributed by atoms with E-state index in [1.165, 1.54) is 54.9 Å². The zero-order valence-corrected chi connectivity index (χ0v) is 27.9. The van der Waals surface area contributed by atoms with Crippen LogP contribution in [0.1, 0.15) is 0 Å². The Morgan fingerprint density at radius 1 is 0.386 bits per heavy atom. The van der Waals surface area contributed by atoms with Gasteiger partial charge < -0.3 is 4.81 Å². The summed E-state index contributed by atoms with van der Waals surface area (Å²) in [4.78, 5) is 2.73. The molecule has 0 atom stereocenters. The minimum atomic E-state index is -2.03. The molecule has 0 aliphatic carbocycles. The van der Waals surface area contributed by atoms with Gasteiger partial charge in [-0.15, -0.1) is 0 Å². The van der Waals surface area contributed by atoms with Crippen LogP contribution in [0.15, 0.2) is 146 Å². The molecule has 0 bridgehead atoms. The average Bonchev–Trinajstić information content (AvgIpc) is 3.07. The van der Waals surface area contributed by atoms with Crippen LogP contribution in [0.5, 0.6) is 0 Å². The number of benzene rings is 6. The van der Waals surface area contributed by atoms with Crippen LogP contribution in [-0.2, 0) is 0 Å². The number of fused-ring (bicyclic) bond motifs is 4. The number of nitrogens with zero attached hydrogens (tertiary/aromatic N) is 1. The first-order valence-electron chi connectivity index (χ1n) is 15.7. The summed E-state index contributed by atoms with van der Waals surface area (Å²) in [5.41, 5.74) is 10.7. The zero-order valence-electron chi connectivity index (χ0n) is 25.9. The van der Waals surface area contributed by atoms with Gasteiger partial charge in [-0.05, 0) is 44.8 Å². The Morgan fingerprint density at radius 3 is 1.23 bits per heavy atom. The quantitative estimate of drug-likeness (QED) is 0.219. The van der Waals surface area contributed by atoms with Crippen molar-refractivity contribution in [1.82, 2.24) is 0 Å². The lowest BCUT2D eigenvalue weighted by molar-refractivity contribution is 1.38. The topological polar surface area (TPSA) is 3.24 Å². The number of hydrogen-bond acceptors (Lipinski definition) is 1. The smallest absolute Gasteiger partial charge is 0.327 e. The molecular weight excluding hydrogens is 561 g/mol. The van der Waals surface area contributed by atoms with Crippen LogP contribution in [0.2, 0.25) is 26.2 Å². The average molecular weight is 598 g/mol. The van der Waals surface area contributed by atoms with E-state index in [4.69, 9.17) is 0 Å². The second kappa shape index (κ2) is 10.1. The van der Waals surface area contributed by atoms with Gasteiger partial charge in [-0.2, -0.15) is 0 Å². The molecule has 6 aromatic rings. The van der Waals surface area contributed by atoms with Crippen LogP contribution in [-0.4, -0.2) is 23.0 Å². The maximum atomic E-state index is 2.73. The van der Waals surface area contributed by atoms with E-state index in [1.54, 1.807) is 10.4 Å². The van der Waals surface area contributed by atoms with Crippen molar-refractivity contribution in [2.75, 3.05) is 4.81 Å². The summed E-state index contributed by atoms with van der Waals surface area (Å²) in [6, 6.07) is 54.9. The van der Waals surface area contributed by atoms with E-state index in [2.05, 4.69) is 177 Å². The predicted molar refractivity (Wildman–Crippen MR) is 197 cm³/mol. The molecule has 2 aliphatic heterocycles. The lowest BCUT2D eigenvalue weighted by Gasteiger charge is -2.47. The fourth-order valence-corrected chi connectivity index (χ4v) is 14.0. The number of rotatable bonds is 3. The minimum absolute atomic E-state index is 0.0857. The molecule has 0 fully saturated rings. The molecule has 2 aliphatic rings. The van der Waals surface area contributed by atoms with E-state index in [1.807, 2.05) is 0 Å². The van der Waals surface area contributed by atoms with Crippen molar-refractivity contribution in [2.24, 2.45) is 0 Å². The van der Waals surface area contributed by atoms with Crippen molar-refractivity contribution in [3.05, 3.63) is 146 Å². The van der Waals surface area contributed by atoms with Gasteiger partial charge in [0.1, 0.15) is 16.1 Å². The second-order valence-corrected chi connectivity index (χ2v) is 22.0. The van der Waals surface area contributed by atoms with Gasteiger partial charge in [0.15, 0.2) is 0 Å². The zero-order chi connectivity index (χ0) is 30.1. The van der Waals surface area contributed by atoms with Crippen LogP contribution in [0.25, 0.3) is 22.3 Å². The van der Waals surface area contributed by atoms with Crippen LogP contribution in [0.3, 0.4) is 0 Å². The Hall–Kier alpha value is -4.38. The fraction of sp³-hybridized carbons (Fsp3) is 0.100. The molecular formula is C40H36BNSi2. The molecule has 0 saturated carbocycles. The summed E-state index contributed by atoms with van der Waals surface area (Å²) >= 11 is 0. The standard InChI is InChI=1S/C40H36BNSi2/c1-43(2)37-21-13-11-19-33(37)41(34-20-12-14-22-38(34)43)42-35-27-31(29-15-7-5-8-16-29)23-25-39(35)44(3,4)40-26-24-32(28-36(40)42)30-17-9-6-10-18-30/h5-28H,1-4H3. The molecule has 212 valence electrons. The summed E-state index contributed by atoms with van der Waals surface area (Å²) in [5, 5.41) is 6.11. The van der Waals surface area contributed by atoms with Crippen molar-refractivity contribution in [3.63, 3.8) is 0 Å². The van der Waals surface area contributed by atoms with Gasteiger partial charge in [0.2, 0.25) is 0 Å². The predicted octanol–water partition coefficient (Wildman–Crippen LogP) is 6.24. The van der Waals surface area contributed by atoms with Crippen LogP contribution >= 0.6 is 0 Å². The van der Waals surface area contributed by atoms with E-state index < -0.39 is 16.1 Å². The fourth-order valence-electron chi connectivity index (χ4n) is 7.89. The highest BCUT2D eigenvalue weighted by Gasteiger charge is 2.48. The molecule has 44 heavy (non-hydrogen) atoms. The van der Waals surface area contributed by atoms with Crippen molar-refractivity contribution in [3.8, 4) is 22.3 Å². The first-order chi connectivity index (χ1) is 21.4. The van der Waals surface area contributed by atoms with Gasteiger partial charge in [-0.25, -0.2) is 0 Å². The van der Waals surface area contributed by atoms with Gasteiger partial charge in [0.25, 0.3) is 0 Å². The van der Waals surface area contributed by atoms with Crippen molar-refractivity contribution >= 4 is 66.0 Å². The third kappa shape index (κ3) is 4.05. The van der Waals surface area contributed by atoms with Crippen LogP contribution < -0.4 is 36.5 Å². The molecule has 0 aromatic heterocycles. The number of anilines is 2. The second-order valence-electron chi connectivity index (χ2n) is 13.4. The van der Waals surface area contributed by atoms with E-state index in [-0.39, 0.29) is 6.85 Å². The van der Waals surface area contributed by atoms with Gasteiger partial charge in [0, 0.05) is 11.4 Å². The highest BCUT2D eigenvalue weighted by atomic mass is 28.3. The summed E-state index contributed by atoms with van der Waals surface area (Å²) in [6.45, 7) is 10.2. The maximum Gasteiger partial charge on any atom is 0.327 e. The first kappa shape index (κ1) is 27.2. The van der Waals surface area contributed by atoms with Gasteiger partial charge in [0.05, 0.1) is 0 Å². The lowest BCUT2D eigenvalue weighted by Crippen LogP contribution is -2.78. The summed E-state index contributed by atoms with van der Waals surface area (Å²) in [7, 11) is -3.92. The van der Waals surface area contributed by atoms with Gasteiger partial charge in [-0.1, -0.05) is 181 Å². The molecule has 1 nitrogen and oxygen atoms in total. The van der Waals surface area contributed by atoms with Crippen molar-refractivity contribution in [2.45, 2.75) is 26.2 Å². The Morgan fingerprint density at radius 2 is 0.773 bits per heavy atom. The van der Waals surface area contributed by atoms with E-state index in [9.17, 15) is 0 Å². The minimum Gasteiger partial charge on any atom is -0.377 e. The Balaban J connectivity index is 1.46.